The molecule has 1 N–H and O–H groups in total. The normalized spacial score (nSPS) is 19.7. The molecule has 0 radical (unpaired) electrons. The van der Waals surface area contributed by atoms with Crippen LogP contribution in [0.25, 0.3) is 0 Å². The summed E-state index contributed by atoms with van der Waals surface area (Å²) in [6.07, 6.45) is 5.67. The Morgan fingerprint density at radius 2 is 1.63 bits per heavy atom. The van der Waals surface area contributed by atoms with Crippen LogP contribution in [0.1, 0.15) is 73.1 Å². The standard InChI is InChI=1S/C16H28O3/c1-6-14(2,3)18-19-15(4,5)12-13-16(17)10-8-7-9-11-16/h17H,6-11H2,1-5H3. The second-order valence-electron chi connectivity index (χ2n) is 6.63. The van der Waals surface area contributed by atoms with E-state index in [-0.39, 0.29) is 5.60 Å². The van der Waals surface area contributed by atoms with Crippen LogP contribution in [-0.4, -0.2) is 21.9 Å². The largest absolute Gasteiger partial charge is 0.378 e. The van der Waals surface area contributed by atoms with E-state index in [1.54, 1.807) is 0 Å². The topological polar surface area (TPSA) is 38.7 Å². The predicted octanol–water partition coefficient (Wildman–Crippen LogP) is 3.60. The van der Waals surface area contributed by atoms with Crippen molar-refractivity contribution in [3.63, 3.8) is 0 Å². The molecule has 1 fully saturated rings. The van der Waals surface area contributed by atoms with Crippen LogP contribution in [0, 0.1) is 11.8 Å². The van der Waals surface area contributed by atoms with Gasteiger partial charge in [0, 0.05) is 0 Å². The molecule has 0 bridgehead atoms. The van der Waals surface area contributed by atoms with Gasteiger partial charge in [0.25, 0.3) is 0 Å². The first-order valence-electron chi connectivity index (χ1n) is 7.32. The molecule has 3 heteroatoms. The molecule has 0 aliphatic heterocycles. The van der Waals surface area contributed by atoms with Gasteiger partial charge in [0.15, 0.2) is 5.60 Å². The Morgan fingerprint density at radius 3 is 2.16 bits per heavy atom. The van der Waals surface area contributed by atoms with Gasteiger partial charge in [0.2, 0.25) is 0 Å². The van der Waals surface area contributed by atoms with Crippen molar-refractivity contribution in [3.8, 4) is 11.8 Å². The van der Waals surface area contributed by atoms with Gasteiger partial charge in [-0.1, -0.05) is 25.2 Å². The molecule has 0 atom stereocenters. The molecule has 1 aliphatic carbocycles. The molecule has 1 saturated carbocycles. The molecule has 3 nitrogen and oxygen atoms in total. The maximum absolute atomic E-state index is 10.3. The Bertz CT molecular complexity index is 341. The first-order valence-corrected chi connectivity index (χ1v) is 7.32. The van der Waals surface area contributed by atoms with E-state index >= 15 is 0 Å². The SMILES string of the molecule is CCC(C)(C)OOC(C)(C)C#CC1(O)CCCCC1. The number of hydrogen-bond donors (Lipinski definition) is 1. The molecule has 110 valence electrons. The highest BCUT2D eigenvalue weighted by molar-refractivity contribution is 5.20. The summed E-state index contributed by atoms with van der Waals surface area (Å²) in [5.74, 6) is 6.01. The third-order valence-corrected chi connectivity index (χ3v) is 3.60. The fourth-order valence-corrected chi connectivity index (χ4v) is 1.83. The minimum Gasteiger partial charge on any atom is -0.378 e. The van der Waals surface area contributed by atoms with Gasteiger partial charge in [-0.25, -0.2) is 9.78 Å². The molecule has 1 rings (SSSR count). The molecule has 0 spiro atoms. The van der Waals surface area contributed by atoms with Gasteiger partial charge in [-0.2, -0.15) is 0 Å². The predicted molar refractivity (Wildman–Crippen MR) is 76.4 cm³/mol. The van der Waals surface area contributed by atoms with E-state index in [1.165, 1.54) is 6.42 Å². The van der Waals surface area contributed by atoms with Crippen LogP contribution < -0.4 is 0 Å². The van der Waals surface area contributed by atoms with Gasteiger partial charge >= 0.3 is 0 Å². The van der Waals surface area contributed by atoms with Crippen molar-refractivity contribution in [3.05, 3.63) is 0 Å². The highest BCUT2D eigenvalue weighted by atomic mass is 17.2. The Morgan fingerprint density at radius 1 is 1.05 bits per heavy atom. The molecule has 19 heavy (non-hydrogen) atoms. The number of rotatable bonds is 4. The van der Waals surface area contributed by atoms with Gasteiger partial charge in [0.1, 0.15) is 5.60 Å². The summed E-state index contributed by atoms with van der Waals surface area (Å²) in [6.45, 7) is 9.72. The highest BCUT2D eigenvalue weighted by Crippen LogP contribution is 2.27. The minimum atomic E-state index is -0.834. The lowest BCUT2D eigenvalue weighted by Crippen LogP contribution is -2.33. The summed E-state index contributed by atoms with van der Waals surface area (Å²) in [5, 5.41) is 10.3. The Balaban J connectivity index is 2.59. The van der Waals surface area contributed by atoms with Crippen LogP contribution in [0.5, 0.6) is 0 Å². The number of hydrogen-bond acceptors (Lipinski definition) is 3. The van der Waals surface area contributed by atoms with Gasteiger partial charge in [-0.05, 0) is 59.8 Å². The van der Waals surface area contributed by atoms with E-state index < -0.39 is 11.2 Å². The van der Waals surface area contributed by atoms with E-state index in [0.29, 0.717) is 0 Å². The Hall–Kier alpha value is -0.560. The molecule has 1 aliphatic rings. The molecule has 0 aromatic rings. The van der Waals surface area contributed by atoms with Crippen LogP contribution in [0.3, 0.4) is 0 Å². The average molecular weight is 268 g/mol. The van der Waals surface area contributed by atoms with E-state index in [2.05, 4.69) is 11.8 Å². The minimum absolute atomic E-state index is 0.319. The van der Waals surface area contributed by atoms with Crippen molar-refractivity contribution in [2.45, 2.75) is 89.9 Å². The molecule has 0 heterocycles. The second kappa shape index (κ2) is 6.26. The molecule has 0 unspecified atom stereocenters. The molecule has 0 aromatic carbocycles. The molecule has 0 amide bonds. The quantitative estimate of drug-likeness (QED) is 0.481. The maximum atomic E-state index is 10.3. The summed E-state index contributed by atoms with van der Waals surface area (Å²) in [7, 11) is 0. The lowest BCUT2D eigenvalue weighted by molar-refractivity contribution is -0.388. The summed E-state index contributed by atoms with van der Waals surface area (Å²) in [6, 6.07) is 0. The second-order valence-corrected chi connectivity index (χ2v) is 6.63. The van der Waals surface area contributed by atoms with Crippen molar-refractivity contribution >= 4 is 0 Å². The van der Waals surface area contributed by atoms with Crippen LogP contribution in [-0.2, 0) is 9.78 Å². The zero-order chi connectivity index (χ0) is 14.6. The summed E-state index contributed by atoms with van der Waals surface area (Å²) in [4.78, 5) is 10.9. The number of aliphatic hydroxyl groups is 1. The van der Waals surface area contributed by atoms with Crippen molar-refractivity contribution in [1.29, 1.82) is 0 Å². The highest BCUT2D eigenvalue weighted by Gasteiger charge is 2.29. The van der Waals surface area contributed by atoms with Gasteiger partial charge in [-0.15, -0.1) is 0 Å². The lowest BCUT2D eigenvalue weighted by Gasteiger charge is -2.29. The molecular formula is C16H28O3. The summed E-state index contributed by atoms with van der Waals surface area (Å²) < 4.78 is 0. The third kappa shape index (κ3) is 5.95. The van der Waals surface area contributed by atoms with Crippen LogP contribution in [0.4, 0.5) is 0 Å². The van der Waals surface area contributed by atoms with Gasteiger partial charge in [0.05, 0.1) is 5.60 Å². The molecular weight excluding hydrogens is 240 g/mol. The van der Waals surface area contributed by atoms with Crippen molar-refractivity contribution < 1.29 is 14.9 Å². The van der Waals surface area contributed by atoms with Gasteiger partial charge in [-0.3, -0.25) is 0 Å². The fourth-order valence-electron chi connectivity index (χ4n) is 1.83. The van der Waals surface area contributed by atoms with E-state index in [9.17, 15) is 5.11 Å². The zero-order valence-corrected chi connectivity index (χ0v) is 13.0. The first kappa shape index (κ1) is 16.5. The molecule has 0 aromatic heterocycles. The summed E-state index contributed by atoms with van der Waals surface area (Å²) >= 11 is 0. The monoisotopic (exact) mass is 268 g/mol. The Labute approximate surface area is 117 Å². The summed E-state index contributed by atoms with van der Waals surface area (Å²) in [5.41, 5.74) is -1.86. The van der Waals surface area contributed by atoms with Gasteiger partial charge < -0.3 is 5.11 Å². The average Bonchev–Trinajstić information content (AvgIpc) is 2.36. The van der Waals surface area contributed by atoms with Crippen molar-refractivity contribution in [2.75, 3.05) is 0 Å². The Kier molecular flexibility index (Phi) is 5.43. The van der Waals surface area contributed by atoms with Crippen LogP contribution in [0.2, 0.25) is 0 Å². The van der Waals surface area contributed by atoms with E-state index in [1.807, 2.05) is 34.6 Å². The smallest absolute Gasteiger partial charge is 0.158 e. The van der Waals surface area contributed by atoms with Crippen LogP contribution in [0.15, 0.2) is 0 Å². The van der Waals surface area contributed by atoms with Crippen LogP contribution >= 0.6 is 0 Å². The van der Waals surface area contributed by atoms with Crippen molar-refractivity contribution in [2.24, 2.45) is 0 Å². The first-order chi connectivity index (χ1) is 8.68. The fraction of sp³-hybridized carbons (Fsp3) is 0.875. The van der Waals surface area contributed by atoms with Crippen molar-refractivity contribution in [1.82, 2.24) is 0 Å². The third-order valence-electron chi connectivity index (χ3n) is 3.60. The maximum Gasteiger partial charge on any atom is 0.158 e. The van der Waals surface area contributed by atoms with E-state index in [0.717, 1.165) is 32.1 Å². The van der Waals surface area contributed by atoms with E-state index in [4.69, 9.17) is 9.78 Å². The lowest BCUT2D eigenvalue weighted by atomic mass is 9.85. The molecule has 0 saturated heterocycles. The zero-order valence-electron chi connectivity index (χ0n) is 13.0.